The van der Waals surface area contributed by atoms with Crippen LogP contribution in [0, 0.1) is 5.82 Å². The minimum Gasteiger partial charge on any atom is -0.493 e. The molecule has 41 heavy (non-hydrogen) atoms. The van der Waals surface area contributed by atoms with Crippen LogP contribution in [0.25, 0.3) is 22.2 Å². The second kappa shape index (κ2) is 11.5. The van der Waals surface area contributed by atoms with E-state index in [1.807, 2.05) is 13.8 Å². The first kappa shape index (κ1) is 27.4. The molecular weight excluding hydrogens is 529 g/mol. The summed E-state index contributed by atoms with van der Waals surface area (Å²) in [7, 11) is 3.09. The van der Waals surface area contributed by atoms with Crippen molar-refractivity contribution in [2.45, 2.75) is 26.3 Å². The lowest BCUT2D eigenvalue weighted by Gasteiger charge is -2.13. The first-order valence-electron chi connectivity index (χ1n) is 12.7. The number of rotatable bonds is 9. The molecular formula is C30H26FN5O5. The zero-order chi connectivity index (χ0) is 29.1. The molecule has 0 N–H and O–H groups in total. The zero-order valence-corrected chi connectivity index (χ0v) is 22.8. The topological polar surface area (TPSA) is 118 Å². The molecule has 0 aliphatic rings. The predicted molar refractivity (Wildman–Crippen MR) is 149 cm³/mol. The Labute approximate surface area is 234 Å². The number of fused-ring (bicyclic) bond motifs is 1. The molecule has 0 bridgehead atoms. The van der Waals surface area contributed by atoms with E-state index < -0.39 is 17.0 Å². The van der Waals surface area contributed by atoms with Crippen molar-refractivity contribution in [2.24, 2.45) is 0 Å². The van der Waals surface area contributed by atoms with Gasteiger partial charge in [0.25, 0.3) is 0 Å². The second-order valence-corrected chi connectivity index (χ2v) is 9.38. The number of benzene rings is 2. The Bertz CT molecular complexity index is 1790. The SMILES string of the molecule is COc1cc2nccc(Oc3cnc(CC(=O)c4cn(C(C)C)nc(-c5ccc(F)cc5)c4=O)cn3)c2cc1OC. The Morgan fingerprint density at radius 3 is 2.34 bits per heavy atom. The maximum absolute atomic E-state index is 13.4. The summed E-state index contributed by atoms with van der Waals surface area (Å²) in [4.78, 5) is 39.5. The van der Waals surface area contributed by atoms with Crippen molar-refractivity contribution in [3.63, 3.8) is 0 Å². The summed E-state index contributed by atoms with van der Waals surface area (Å²) in [5.74, 6) is 0.861. The average Bonchev–Trinajstić information content (AvgIpc) is 2.98. The molecule has 0 radical (unpaired) electrons. The molecule has 3 aromatic heterocycles. The summed E-state index contributed by atoms with van der Waals surface area (Å²) >= 11 is 0. The van der Waals surface area contributed by atoms with Gasteiger partial charge in [-0.05, 0) is 50.2 Å². The van der Waals surface area contributed by atoms with Gasteiger partial charge >= 0.3 is 0 Å². The molecule has 0 aliphatic heterocycles. The molecule has 0 aliphatic carbocycles. The molecule has 0 fully saturated rings. The number of carbonyl (C=O) groups is 1. The fraction of sp³-hybridized carbons (Fsp3) is 0.200. The molecule has 0 saturated carbocycles. The van der Waals surface area contributed by atoms with Gasteiger partial charge < -0.3 is 14.2 Å². The third-order valence-electron chi connectivity index (χ3n) is 6.33. The number of hydrogen-bond donors (Lipinski definition) is 0. The van der Waals surface area contributed by atoms with E-state index in [9.17, 15) is 14.0 Å². The number of hydrogen-bond acceptors (Lipinski definition) is 9. The summed E-state index contributed by atoms with van der Waals surface area (Å²) in [5, 5.41) is 5.06. The van der Waals surface area contributed by atoms with Crippen molar-refractivity contribution >= 4 is 16.7 Å². The largest absolute Gasteiger partial charge is 0.493 e. The van der Waals surface area contributed by atoms with Crippen LogP contribution in [0.5, 0.6) is 23.1 Å². The monoisotopic (exact) mass is 555 g/mol. The number of pyridine rings is 1. The van der Waals surface area contributed by atoms with Gasteiger partial charge in [0.05, 0.1) is 49.8 Å². The first-order valence-corrected chi connectivity index (χ1v) is 12.7. The van der Waals surface area contributed by atoms with Crippen LogP contribution in [-0.2, 0) is 6.42 Å². The van der Waals surface area contributed by atoms with Gasteiger partial charge in [0.1, 0.15) is 17.3 Å². The lowest BCUT2D eigenvalue weighted by molar-refractivity contribution is 0.0989. The van der Waals surface area contributed by atoms with E-state index in [0.717, 1.165) is 0 Å². The second-order valence-electron chi connectivity index (χ2n) is 9.38. The summed E-state index contributed by atoms with van der Waals surface area (Å²) in [6.45, 7) is 3.76. The number of Topliss-reactive ketones (excluding diaryl/α,β-unsaturated/α-hetero) is 1. The number of ether oxygens (including phenoxy) is 3. The van der Waals surface area contributed by atoms with Crippen molar-refractivity contribution in [1.82, 2.24) is 24.7 Å². The summed E-state index contributed by atoms with van der Waals surface area (Å²) in [5.41, 5.74) is 0.897. The summed E-state index contributed by atoms with van der Waals surface area (Å²) in [6.07, 6.45) is 5.69. The van der Waals surface area contributed by atoms with Crippen molar-refractivity contribution in [1.29, 1.82) is 0 Å². The van der Waals surface area contributed by atoms with Gasteiger partial charge in [0.15, 0.2) is 17.3 Å². The van der Waals surface area contributed by atoms with Crippen LogP contribution in [0.1, 0.15) is 35.9 Å². The lowest BCUT2D eigenvalue weighted by atomic mass is 10.0. The Morgan fingerprint density at radius 1 is 0.951 bits per heavy atom. The lowest BCUT2D eigenvalue weighted by Crippen LogP contribution is -2.24. The molecule has 0 saturated heterocycles. The van der Waals surface area contributed by atoms with E-state index in [1.165, 1.54) is 42.9 Å². The zero-order valence-electron chi connectivity index (χ0n) is 22.8. The molecule has 10 nitrogen and oxygen atoms in total. The van der Waals surface area contributed by atoms with Crippen LogP contribution in [-0.4, -0.2) is 44.7 Å². The van der Waals surface area contributed by atoms with Gasteiger partial charge in [-0.3, -0.25) is 24.2 Å². The van der Waals surface area contributed by atoms with Gasteiger partial charge in [-0.1, -0.05) is 0 Å². The summed E-state index contributed by atoms with van der Waals surface area (Å²) in [6, 6.07) is 10.5. The Hall–Kier alpha value is -5.19. The van der Waals surface area contributed by atoms with Gasteiger partial charge in [-0.2, -0.15) is 5.10 Å². The number of ketones is 1. The van der Waals surface area contributed by atoms with Gasteiger partial charge in [0, 0.05) is 35.5 Å². The normalized spacial score (nSPS) is 11.1. The first-order chi connectivity index (χ1) is 19.8. The molecule has 208 valence electrons. The highest BCUT2D eigenvalue weighted by Gasteiger charge is 2.20. The Kier molecular flexibility index (Phi) is 7.68. The van der Waals surface area contributed by atoms with E-state index in [0.29, 0.717) is 39.4 Å². The van der Waals surface area contributed by atoms with E-state index in [1.54, 1.807) is 43.3 Å². The number of methoxy groups -OCH3 is 2. The molecule has 0 atom stereocenters. The van der Waals surface area contributed by atoms with E-state index in [-0.39, 0.29) is 29.6 Å². The number of halogens is 1. The molecule has 0 amide bonds. The van der Waals surface area contributed by atoms with Gasteiger partial charge in [-0.25, -0.2) is 9.37 Å². The molecule has 3 heterocycles. The Morgan fingerprint density at radius 2 is 1.68 bits per heavy atom. The maximum Gasteiger partial charge on any atom is 0.237 e. The average molecular weight is 556 g/mol. The highest BCUT2D eigenvalue weighted by atomic mass is 19.1. The smallest absolute Gasteiger partial charge is 0.237 e. The van der Waals surface area contributed by atoms with Crippen molar-refractivity contribution < 1.29 is 23.4 Å². The van der Waals surface area contributed by atoms with Gasteiger partial charge in [-0.15, -0.1) is 0 Å². The van der Waals surface area contributed by atoms with E-state index in [2.05, 4.69) is 20.1 Å². The molecule has 11 heteroatoms. The molecule has 5 rings (SSSR count). The molecule has 2 aromatic carbocycles. The standard InChI is InChI=1S/C30H26FN5O5/c1-17(2)36-16-22(30(38)29(35-36)18-5-7-19(31)8-6-18)24(37)11-20-14-34-28(15-33-20)41-25-9-10-32-23-13-27(40-4)26(39-3)12-21(23)25/h5-10,12-17H,11H2,1-4H3. The summed E-state index contributed by atoms with van der Waals surface area (Å²) < 4.78 is 31.7. The fourth-order valence-corrected chi connectivity index (χ4v) is 4.16. The maximum atomic E-state index is 13.4. The third-order valence-corrected chi connectivity index (χ3v) is 6.33. The highest BCUT2D eigenvalue weighted by Crippen LogP contribution is 2.36. The minimum atomic E-state index is -0.539. The highest BCUT2D eigenvalue weighted by molar-refractivity contribution is 5.97. The van der Waals surface area contributed by atoms with Crippen LogP contribution in [0.15, 0.2) is 72.0 Å². The Balaban J connectivity index is 1.39. The van der Waals surface area contributed by atoms with Crippen LogP contribution < -0.4 is 19.6 Å². The van der Waals surface area contributed by atoms with Crippen LogP contribution in [0.2, 0.25) is 0 Å². The number of nitrogens with zero attached hydrogens (tertiary/aromatic N) is 5. The predicted octanol–water partition coefficient (Wildman–Crippen LogP) is 5.20. The van der Waals surface area contributed by atoms with Crippen molar-refractivity contribution in [3.8, 4) is 34.4 Å². The van der Waals surface area contributed by atoms with Crippen molar-refractivity contribution in [3.05, 3.63) is 94.5 Å². The van der Waals surface area contributed by atoms with Crippen LogP contribution in [0.4, 0.5) is 4.39 Å². The molecule has 5 aromatic rings. The molecule has 0 spiro atoms. The quantitative estimate of drug-likeness (QED) is 0.226. The molecule has 0 unspecified atom stereocenters. The minimum absolute atomic E-state index is 0.0391. The van der Waals surface area contributed by atoms with Crippen molar-refractivity contribution in [2.75, 3.05) is 14.2 Å². The van der Waals surface area contributed by atoms with Crippen LogP contribution >= 0.6 is 0 Å². The van der Waals surface area contributed by atoms with Gasteiger partial charge in [0.2, 0.25) is 11.3 Å². The number of aromatic nitrogens is 5. The van der Waals surface area contributed by atoms with E-state index >= 15 is 0 Å². The fourth-order valence-electron chi connectivity index (χ4n) is 4.16. The van der Waals surface area contributed by atoms with E-state index in [4.69, 9.17) is 14.2 Å². The van der Waals surface area contributed by atoms with Crippen LogP contribution in [0.3, 0.4) is 0 Å². The third kappa shape index (κ3) is 5.74. The number of carbonyl (C=O) groups excluding carboxylic acids is 1.